The maximum Gasteiger partial charge on any atom is 0.253 e. The van der Waals surface area contributed by atoms with E-state index in [1.807, 2.05) is 41.3 Å². The molecule has 6 nitrogen and oxygen atoms in total. The molecule has 4 rings (SSSR count). The number of halogens is 1. The number of carbonyl (C=O) groups is 2. The highest BCUT2D eigenvalue weighted by molar-refractivity contribution is 9.10. The topological polar surface area (TPSA) is 65.8 Å². The fraction of sp³-hybridized carbons (Fsp3) is 0.478. The Kier molecular flexibility index (Phi) is 6.89. The average molecular weight is 474 g/mol. The quantitative estimate of drug-likeness (QED) is 0.694. The number of hydrogen-bond donors (Lipinski definition) is 1. The van der Waals surface area contributed by atoms with Crippen LogP contribution in [0, 0.1) is 5.92 Å². The molecule has 1 unspecified atom stereocenters. The zero-order chi connectivity index (χ0) is 20.9. The summed E-state index contributed by atoms with van der Waals surface area (Å²) in [6, 6.07) is 11.1. The van der Waals surface area contributed by atoms with Gasteiger partial charge in [0.25, 0.3) is 5.91 Å². The van der Waals surface area contributed by atoms with Crippen molar-refractivity contribution in [2.45, 2.75) is 38.3 Å². The molecule has 1 saturated carbocycles. The van der Waals surface area contributed by atoms with E-state index in [2.05, 4.69) is 26.1 Å². The van der Waals surface area contributed by atoms with Crippen LogP contribution in [0.4, 0.5) is 0 Å². The van der Waals surface area contributed by atoms with Gasteiger partial charge in [-0.3, -0.25) is 14.5 Å². The van der Waals surface area contributed by atoms with Crippen LogP contribution in [0.2, 0.25) is 0 Å². The summed E-state index contributed by atoms with van der Waals surface area (Å²) < 4.78 is 6.25. The van der Waals surface area contributed by atoms with Crippen LogP contribution in [0.1, 0.15) is 41.8 Å². The first-order chi connectivity index (χ1) is 14.6. The molecule has 30 heavy (non-hydrogen) atoms. The molecular formula is C23H28BrN3O3. The van der Waals surface area contributed by atoms with Gasteiger partial charge in [0.1, 0.15) is 5.76 Å². The molecule has 2 fully saturated rings. The molecule has 2 aromatic rings. The summed E-state index contributed by atoms with van der Waals surface area (Å²) in [5.41, 5.74) is 0.696. The Morgan fingerprint density at radius 3 is 2.53 bits per heavy atom. The Morgan fingerprint density at radius 2 is 1.87 bits per heavy atom. The molecule has 2 aliphatic rings. The van der Waals surface area contributed by atoms with E-state index in [1.165, 1.54) is 12.8 Å². The van der Waals surface area contributed by atoms with Crippen LogP contribution in [0.25, 0.3) is 0 Å². The first-order valence-corrected chi connectivity index (χ1v) is 11.5. The molecule has 2 heterocycles. The highest BCUT2D eigenvalue weighted by Crippen LogP contribution is 2.31. The van der Waals surface area contributed by atoms with Crippen molar-refractivity contribution in [2.75, 3.05) is 26.2 Å². The van der Waals surface area contributed by atoms with Gasteiger partial charge in [-0.25, -0.2) is 0 Å². The Labute approximate surface area is 185 Å². The minimum absolute atomic E-state index is 0.0515. The molecule has 1 aromatic carbocycles. The van der Waals surface area contributed by atoms with Crippen LogP contribution < -0.4 is 5.32 Å². The fourth-order valence-electron chi connectivity index (χ4n) is 4.65. The first-order valence-electron chi connectivity index (χ1n) is 10.7. The summed E-state index contributed by atoms with van der Waals surface area (Å²) in [6.07, 6.45) is 6.19. The Bertz CT molecular complexity index is 856. The van der Waals surface area contributed by atoms with E-state index in [0.29, 0.717) is 31.1 Å². The third kappa shape index (κ3) is 4.95. The smallest absolute Gasteiger partial charge is 0.253 e. The summed E-state index contributed by atoms with van der Waals surface area (Å²) in [5, 5.41) is 3.07. The summed E-state index contributed by atoms with van der Waals surface area (Å²) in [7, 11) is 0. The van der Waals surface area contributed by atoms with E-state index in [-0.39, 0.29) is 17.9 Å². The lowest BCUT2D eigenvalue weighted by atomic mass is 9.95. The van der Waals surface area contributed by atoms with E-state index in [4.69, 9.17) is 4.42 Å². The van der Waals surface area contributed by atoms with E-state index in [1.54, 1.807) is 6.26 Å². The summed E-state index contributed by atoms with van der Waals surface area (Å²) in [5.74, 6) is 1.27. The predicted octanol–water partition coefficient (Wildman–Crippen LogP) is 3.68. The molecule has 0 bridgehead atoms. The van der Waals surface area contributed by atoms with Gasteiger partial charge in [-0.05, 0) is 49.1 Å². The second-order valence-electron chi connectivity index (χ2n) is 8.13. The van der Waals surface area contributed by atoms with E-state index >= 15 is 0 Å². The molecular weight excluding hydrogens is 446 g/mol. The lowest BCUT2D eigenvalue weighted by molar-refractivity contribution is -0.129. The number of piperazine rings is 1. The van der Waals surface area contributed by atoms with Gasteiger partial charge in [0.2, 0.25) is 5.91 Å². The molecule has 2 amide bonds. The lowest BCUT2D eigenvalue weighted by Gasteiger charge is -2.40. The molecule has 1 atom stereocenters. The van der Waals surface area contributed by atoms with Crippen LogP contribution >= 0.6 is 15.9 Å². The number of amides is 2. The second-order valence-corrected chi connectivity index (χ2v) is 9.04. The van der Waals surface area contributed by atoms with E-state index in [0.717, 1.165) is 36.2 Å². The van der Waals surface area contributed by atoms with Crippen molar-refractivity contribution >= 4 is 27.7 Å². The van der Waals surface area contributed by atoms with Crippen LogP contribution in [0.5, 0.6) is 0 Å². The molecule has 1 N–H and O–H groups in total. The SMILES string of the molecule is O=C(NCc1ccco1)C(C1CCCC1)N1CCN(C(=O)c2cccc(Br)c2)CC1. The van der Waals surface area contributed by atoms with Crippen LogP contribution in [-0.2, 0) is 11.3 Å². The summed E-state index contributed by atoms with van der Waals surface area (Å²) in [6.45, 7) is 3.13. The number of hydrogen-bond acceptors (Lipinski definition) is 4. The number of carbonyl (C=O) groups excluding carboxylic acids is 2. The third-order valence-electron chi connectivity index (χ3n) is 6.20. The fourth-order valence-corrected chi connectivity index (χ4v) is 5.05. The van der Waals surface area contributed by atoms with Gasteiger partial charge in [0, 0.05) is 36.2 Å². The van der Waals surface area contributed by atoms with Gasteiger partial charge in [-0.15, -0.1) is 0 Å². The molecule has 7 heteroatoms. The highest BCUT2D eigenvalue weighted by Gasteiger charge is 2.37. The van der Waals surface area contributed by atoms with Gasteiger partial charge in [0.05, 0.1) is 18.8 Å². The normalized spacial score (nSPS) is 19.0. The van der Waals surface area contributed by atoms with Crippen LogP contribution in [0.3, 0.4) is 0 Å². The number of nitrogens with zero attached hydrogens (tertiary/aromatic N) is 2. The highest BCUT2D eigenvalue weighted by atomic mass is 79.9. The largest absolute Gasteiger partial charge is 0.467 e. The maximum absolute atomic E-state index is 13.1. The predicted molar refractivity (Wildman–Crippen MR) is 118 cm³/mol. The number of benzene rings is 1. The molecule has 0 radical (unpaired) electrons. The van der Waals surface area contributed by atoms with Crippen molar-refractivity contribution in [3.63, 3.8) is 0 Å². The van der Waals surface area contributed by atoms with Crippen LogP contribution in [-0.4, -0.2) is 53.8 Å². The van der Waals surface area contributed by atoms with Crippen molar-refractivity contribution in [1.82, 2.24) is 15.1 Å². The Morgan fingerprint density at radius 1 is 1.10 bits per heavy atom. The van der Waals surface area contributed by atoms with Crippen molar-refractivity contribution in [1.29, 1.82) is 0 Å². The van der Waals surface area contributed by atoms with Crippen molar-refractivity contribution in [3.8, 4) is 0 Å². The minimum Gasteiger partial charge on any atom is -0.467 e. The zero-order valence-corrected chi connectivity index (χ0v) is 18.6. The van der Waals surface area contributed by atoms with Gasteiger partial charge in [0.15, 0.2) is 0 Å². The standard InChI is InChI=1S/C23H28BrN3O3/c24-19-8-3-7-18(15-19)23(29)27-12-10-26(11-13-27)21(17-5-1-2-6-17)22(28)25-16-20-9-4-14-30-20/h3-4,7-9,14-15,17,21H,1-2,5-6,10-13,16H2,(H,25,28). The van der Waals surface area contributed by atoms with Crippen molar-refractivity contribution < 1.29 is 14.0 Å². The zero-order valence-electron chi connectivity index (χ0n) is 17.1. The van der Waals surface area contributed by atoms with Gasteiger partial charge in [-0.2, -0.15) is 0 Å². The Hall–Kier alpha value is -2.12. The first kappa shape index (κ1) is 21.1. The van der Waals surface area contributed by atoms with Crippen LogP contribution in [0.15, 0.2) is 51.6 Å². The van der Waals surface area contributed by atoms with Gasteiger partial charge in [-0.1, -0.05) is 34.8 Å². The number of rotatable bonds is 6. The molecule has 1 aromatic heterocycles. The molecule has 0 spiro atoms. The molecule has 1 saturated heterocycles. The average Bonchev–Trinajstić information content (AvgIpc) is 3.47. The van der Waals surface area contributed by atoms with E-state index in [9.17, 15) is 9.59 Å². The lowest BCUT2D eigenvalue weighted by Crippen LogP contribution is -2.57. The van der Waals surface area contributed by atoms with Crippen molar-refractivity contribution in [2.24, 2.45) is 5.92 Å². The summed E-state index contributed by atoms with van der Waals surface area (Å²) in [4.78, 5) is 30.1. The third-order valence-corrected chi connectivity index (χ3v) is 6.69. The van der Waals surface area contributed by atoms with E-state index < -0.39 is 0 Å². The summed E-state index contributed by atoms with van der Waals surface area (Å²) >= 11 is 3.44. The van der Waals surface area contributed by atoms with Gasteiger partial charge >= 0.3 is 0 Å². The molecule has 1 aliphatic carbocycles. The minimum atomic E-state index is -0.134. The second kappa shape index (κ2) is 9.79. The Balaban J connectivity index is 1.38. The monoisotopic (exact) mass is 473 g/mol. The molecule has 1 aliphatic heterocycles. The van der Waals surface area contributed by atoms with Gasteiger partial charge < -0.3 is 14.6 Å². The molecule has 160 valence electrons. The maximum atomic E-state index is 13.1. The number of furan rings is 1. The van der Waals surface area contributed by atoms with Crippen molar-refractivity contribution in [3.05, 3.63) is 58.5 Å². The number of nitrogens with one attached hydrogen (secondary N) is 1.